The number of primary sulfonamides is 1. The van der Waals surface area contributed by atoms with Crippen LogP contribution in [0, 0.1) is 6.92 Å². The van der Waals surface area contributed by atoms with Crippen LogP contribution in [0.5, 0.6) is 0 Å². The first-order valence-electron chi connectivity index (χ1n) is 4.15. The maximum Gasteiger partial charge on any atom is 0.238 e. The van der Waals surface area contributed by atoms with Gasteiger partial charge in [0, 0.05) is 6.42 Å². The van der Waals surface area contributed by atoms with E-state index in [0.717, 1.165) is 5.56 Å². The predicted octanol–water partition coefficient (Wildman–Crippen LogP) is 0.615. The van der Waals surface area contributed by atoms with Crippen molar-refractivity contribution in [3.8, 4) is 0 Å². The van der Waals surface area contributed by atoms with Crippen molar-refractivity contribution in [2.24, 2.45) is 5.14 Å². The van der Waals surface area contributed by atoms with E-state index < -0.39 is 10.0 Å². The lowest BCUT2D eigenvalue weighted by Crippen LogP contribution is -2.15. The Kier molecular flexibility index (Phi) is 3.25. The number of aryl methyl sites for hydroxylation is 1. The van der Waals surface area contributed by atoms with Crippen LogP contribution in [-0.2, 0) is 21.6 Å². The fraction of sp³-hybridized carbons (Fsp3) is 0.333. The number of hydrogen-bond donors (Lipinski definition) is 1. The van der Waals surface area contributed by atoms with E-state index in [4.69, 9.17) is 5.14 Å². The zero-order chi connectivity index (χ0) is 10.8. The average Bonchev–Trinajstić information content (AvgIpc) is 2.07. The van der Waals surface area contributed by atoms with Crippen LogP contribution in [0.15, 0.2) is 23.1 Å². The second-order valence-corrected chi connectivity index (χ2v) is 4.64. The molecule has 1 radical (unpaired) electrons. The van der Waals surface area contributed by atoms with E-state index in [9.17, 15) is 13.5 Å². The average molecular weight is 214 g/mol. The first-order chi connectivity index (χ1) is 6.45. The topological polar surface area (TPSA) is 80.1 Å². The highest BCUT2D eigenvalue weighted by molar-refractivity contribution is 7.89. The van der Waals surface area contributed by atoms with Crippen LogP contribution in [-0.4, -0.2) is 15.0 Å². The Morgan fingerprint density at radius 1 is 1.36 bits per heavy atom. The molecular formula is C9H12NO3S. The summed E-state index contributed by atoms with van der Waals surface area (Å²) in [5.41, 5.74) is 1.30. The van der Waals surface area contributed by atoms with E-state index >= 15 is 0 Å². The summed E-state index contributed by atoms with van der Waals surface area (Å²) in [6.45, 7) is 1.43. The Labute approximate surface area is 83.4 Å². The van der Waals surface area contributed by atoms with E-state index in [1.165, 1.54) is 6.07 Å². The lowest BCUT2D eigenvalue weighted by molar-refractivity contribution is 0.196. The third kappa shape index (κ3) is 2.54. The molecule has 14 heavy (non-hydrogen) atoms. The quantitative estimate of drug-likeness (QED) is 0.800. The highest BCUT2D eigenvalue weighted by atomic mass is 32.2. The van der Waals surface area contributed by atoms with Crippen LogP contribution >= 0.6 is 0 Å². The Hall–Kier alpha value is -0.910. The number of hydrogen-bond acceptors (Lipinski definition) is 2. The van der Waals surface area contributed by atoms with Gasteiger partial charge in [0.25, 0.3) is 0 Å². The molecule has 0 saturated carbocycles. The van der Waals surface area contributed by atoms with E-state index in [0.29, 0.717) is 5.56 Å². The molecule has 1 rings (SSSR count). The number of benzene rings is 1. The Morgan fingerprint density at radius 2 is 2.00 bits per heavy atom. The molecule has 1 aromatic rings. The molecule has 0 fully saturated rings. The van der Waals surface area contributed by atoms with Gasteiger partial charge in [0.1, 0.15) is 0 Å². The molecule has 0 amide bonds. The van der Waals surface area contributed by atoms with Crippen LogP contribution < -0.4 is 5.14 Å². The van der Waals surface area contributed by atoms with Gasteiger partial charge in [0.05, 0.1) is 11.5 Å². The van der Waals surface area contributed by atoms with E-state index in [1.807, 2.05) is 0 Å². The molecule has 0 aliphatic heterocycles. The summed E-state index contributed by atoms with van der Waals surface area (Å²) in [6, 6.07) is 4.88. The second-order valence-electron chi connectivity index (χ2n) is 3.11. The molecule has 0 aliphatic carbocycles. The van der Waals surface area contributed by atoms with Gasteiger partial charge in [-0.05, 0) is 24.1 Å². The monoisotopic (exact) mass is 214 g/mol. The first kappa shape index (κ1) is 11.2. The Morgan fingerprint density at radius 3 is 2.50 bits per heavy atom. The molecule has 0 saturated heterocycles. The SMILES string of the molecule is Cc1ccc(CC[O])c(S(N)(=O)=O)c1. The summed E-state index contributed by atoms with van der Waals surface area (Å²) in [4.78, 5) is 0.0633. The van der Waals surface area contributed by atoms with E-state index in [-0.39, 0.29) is 17.9 Å². The summed E-state index contributed by atoms with van der Waals surface area (Å²) in [5.74, 6) is 0. The molecule has 77 valence electrons. The van der Waals surface area contributed by atoms with Crippen molar-refractivity contribution in [1.82, 2.24) is 0 Å². The lowest BCUT2D eigenvalue weighted by Gasteiger charge is -2.06. The van der Waals surface area contributed by atoms with Crippen molar-refractivity contribution in [3.05, 3.63) is 29.3 Å². The molecule has 0 atom stereocenters. The molecule has 0 aliphatic rings. The van der Waals surface area contributed by atoms with Gasteiger partial charge in [-0.3, -0.25) is 0 Å². The minimum Gasteiger partial charge on any atom is -0.236 e. The third-order valence-corrected chi connectivity index (χ3v) is 2.89. The van der Waals surface area contributed by atoms with E-state index in [1.54, 1.807) is 19.1 Å². The molecule has 4 nitrogen and oxygen atoms in total. The lowest BCUT2D eigenvalue weighted by atomic mass is 10.1. The van der Waals surface area contributed by atoms with Gasteiger partial charge in [-0.1, -0.05) is 12.1 Å². The van der Waals surface area contributed by atoms with Crippen molar-refractivity contribution in [2.45, 2.75) is 18.2 Å². The van der Waals surface area contributed by atoms with Crippen LogP contribution in [0.25, 0.3) is 0 Å². The maximum absolute atomic E-state index is 11.2. The van der Waals surface area contributed by atoms with Gasteiger partial charge in [0.2, 0.25) is 10.0 Å². The highest BCUT2D eigenvalue weighted by Crippen LogP contribution is 2.16. The first-order valence-corrected chi connectivity index (χ1v) is 5.70. The molecular weight excluding hydrogens is 202 g/mol. The van der Waals surface area contributed by atoms with Crippen LogP contribution in [0.4, 0.5) is 0 Å². The summed E-state index contributed by atoms with van der Waals surface area (Å²) < 4.78 is 22.3. The summed E-state index contributed by atoms with van der Waals surface area (Å²) in [6.07, 6.45) is 0.187. The minimum atomic E-state index is -3.72. The van der Waals surface area contributed by atoms with Gasteiger partial charge in [-0.15, -0.1) is 0 Å². The summed E-state index contributed by atoms with van der Waals surface area (Å²) in [5, 5.41) is 15.5. The number of nitrogens with two attached hydrogens (primary N) is 1. The predicted molar refractivity (Wildman–Crippen MR) is 51.8 cm³/mol. The van der Waals surface area contributed by atoms with Gasteiger partial charge in [-0.2, -0.15) is 0 Å². The normalized spacial score (nSPS) is 11.6. The van der Waals surface area contributed by atoms with Crippen molar-refractivity contribution in [3.63, 3.8) is 0 Å². The fourth-order valence-corrected chi connectivity index (χ4v) is 2.13. The smallest absolute Gasteiger partial charge is 0.236 e. The van der Waals surface area contributed by atoms with Crippen molar-refractivity contribution >= 4 is 10.0 Å². The van der Waals surface area contributed by atoms with Crippen molar-refractivity contribution in [2.75, 3.05) is 6.61 Å². The molecule has 0 spiro atoms. The Balaban J connectivity index is 3.30. The molecule has 0 bridgehead atoms. The Bertz CT molecular complexity index is 426. The molecule has 0 unspecified atom stereocenters. The third-order valence-electron chi connectivity index (χ3n) is 1.90. The fourth-order valence-electron chi connectivity index (χ4n) is 1.24. The second kappa shape index (κ2) is 4.08. The highest BCUT2D eigenvalue weighted by Gasteiger charge is 2.13. The standard InChI is InChI=1S/C9H12NO3S/c1-7-2-3-8(4-5-11)9(6-7)14(10,12)13/h2-3,6H,4-5H2,1H3,(H2,10,12,13). The van der Waals surface area contributed by atoms with Crippen molar-refractivity contribution in [1.29, 1.82) is 0 Å². The van der Waals surface area contributed by atoms with E-state index in [2.05, 4.69) is 0 Å². The van der Waals surface area contributed by atoms with Gasteiger partial charge >= 0.3 is 0 Å². The van der Waals surface area contributed by atoms with Crippen LogP contribution in [0.2, 0.25) is 0 Å². The summed E-state index contributed by atoms with van der Waals surface area (Å²) in [7, 11) is -3.72. The number of rotatable bonds is 3. The molecule has 2 N–H and O–H groups in total. The molecule has 0 aromatic heterocycles. The van der Waals surface area contributed by atoms with Gasteiger partial charge < -0.3 is 0 Å². The van der Waals surface area contributed by atoms with Crippen molar-refractivity contribution < 1.29 is 13.5 Å². The zero-order valence-corrected chi connectivity index (χ0v) is 8.67. The van der Waals surface area contributed by atoms with Gasteiger partial charge in [-0.25, -0.2) is 18.7 Å². The number of sulfonamides is 1. The minimum absolute atomic E-state index is 0.0633. The van der Waals surface area contributed by atoms with Crippen LogP contribution in [0.1, 0.15) is 11.1 Å². The largest absolute Gasteiger partial charge is 0.238 e. The van der Waals surface area contributed by atoms with Gasteiger partial charge in [0.15, 0.2) is 0 Å². The molecule has 1 aromatic carbocycles. The molecule has 0 heterocycles. The zero-order valence-electron chi connectivity index (χ0n) is 7.86. The maximum atomic E-state index is 11.2. The summed E-state index contributed by atoms with van der Waals surface area (Å²) >= 11 is 0. The van der Waals surface area contributed by atoms with Crippen LogP contribution in [0.3, 0.4) is 0 Å². The molecule has 5 heteroatoms.